The van der Waals surface area contributed by atoms with Gasteiger partial charge in [-0.25, -0.2) is 9.97 Å². The summed E-state index contributed by atoms with van der Waals surface area (Å²) in [4.78, 5) is 25.1. The van der Waals surface area contributed by atoms with Gasteiger partial charge in [0, 0.05) is 24.0 Å². The summed E-state index contributed by atoms with van der Waals surface area (Å²) >= 11 is 0. The van der Waals surface area contributed by atoms with Gasteiger partial charge in [0.2, 0.25) is 5.91 Å². The van der Waals surface area contributed by atoms with Crippen LogP contribution in [0.5, 0.6) is 17.4 Å². The third kappa shape index (κ3) is 5.00. The molecule has 1 amide bonds. The maximum atomic E-state index is 13.7. The lowest BCUT2D eigenvalue weighted by molar-refractivity contribution is -0.119. The third-order valence-corrected chi connectivity index (χ3v) is 6.54. The second-order valence-electron chi connectivity index (χ2n) is 8.81. The lowest BCUT2D eigenvalue weighted by atomic mass is 10.00. The SMILES string of the molecule is CCOc1nc2ccccc2nc1NC(=O)C1CCc2cc(OC)c(OC)cc2N(c2ccccc2)C1. The van der Waals surface area contributed by atoms with Crippen molar-refractivity contribution in [2.24, 2.45) is 5.92 Å². The highest BCUT2D eigenvalue weighted by Crippen LogP contribution is 2.41. The predicted octanol–water partition coefficient (Wildman–Crippen LogP) is 5.38. The first kappa shape index (κ1) is 24.4. The van der Waals surface area contributed by atoms with Crippen LogP contribution in [0, 0.1) is 5.92 Å². The van der Waals surface area contributed by atoms with Gasteiger partial charge < -0.3 is 24.4 Å². The molecule has 3 aromatic carbocycles. The number of aromatic nitrogens is 2. The van der Waals surface area contributed by atoms with E-state index in [1.54, 1.807) is 14.2 Å². The molecule has 2 heterocycles. The lowest BCUT2D eigenvalue weighted by Crippen LogP contribution is -2.33. The van der Waals surface area contributed by atoms with Crippen LogP contribution in [0.15, 0.2) is 66.7 Å². The summed E-state index contributed by atoms with van der Waals surface area (Å²) in [6.07, 6.45) is 1.36. The molecule has 1 atom stereocenters. The summed E-state index contributed by atoms with van der Waals surface area (Å²) in [5, 5.41) is 3.02. The number of rotatable bonds is 7. The van der Waals surface area contributed by atoms with E-state index in [9.17, 15) is 4.79 Å². The first-order valence-electron chi connectivity index (χ1n) is 12.4. The molecule has 4 aromatic rings. The fourth-order valence-corrected chi connectivity index (χ4v) is 4.69. The summed E-state index contributed by atoms with van der Waals surface area (Å²) in [5.41, 5.74) is 4.50. The zero-order chi connectivity index (χ0) is 25.8. The highest BCUT2D eigenvalue weighted by molar-refractivity contribution is 5.94. The second kappa shape index (κ2) is 10.7. The average molecular weight is 499 g/mol. The highest BCUT2D eigenvalue weighted by Gasteiger charge is 2.30. The number of para-hydroxylation sites is 3. The van der Waals surface area contributed by atoms with Crippen LogP contribution in [0.3, 0.4) is 0 Å². The Kier molecular flexibility index (Phi) is 7.07. The van der Waals surface area contributed by atoms with E-state index in [0.29, 0.717) is 60.2 Å². The number of fused-ring (bicyclic) bond motifs is 2. The second-order valence-corrected chi connectivity index (χ2v) is 8.81. The number of anilines is 3. The van der Waals surface area contributed by atoms with Gasteiger partial charge in [-0.05, 0) is 55.7 Å². The van der Waals surface area contributed by atoms with E-state index >= 15 is 0 Å². The molecule has 8 nitrogen and oxygen atoms in total. The Morgan fingerprint density at radius 1 is 0.973 bits per heavy atom. The Labute approximate surface area is 216 Å². The molecule has 0 saturated heterocycles. The van der Waals surface area contributed by atoms with Crippen molar-refractivity contribution >= 4 is 34.1 Å². The summed E-state index contributed by atoms with van der Waals surface area (Å²) in [7, 11) is 3.26. The average Bonchev–Trinajstić information content (AvgIpc) is 3.12. The summed E-state index contributed by atoms with van der Waals surface area (Å²) in [5.74, 6) is 1.54. The summed E-state index contributed by atoms with van der Waals surface area (Å²) in [6.45, 7) is 2.79. The van der Waals surface area contributed by atoms with Crippen molar-refractivity contribution < 1.29 is 19.0 Å². The minimum absolute atomic E-state index is 0.127. The molecule has 1 aliphatic rings. The topological polar surface area (TPSA) is 85.8 Å². The molecule has 1 aromatic heterocycles. The van der Waals surface area contributed by atoms with E-state index in [1.807, 2.05) is 73.7 Å². The van der Waals surface area contributed by atoms with Crippen LogP contribution in [0.1, 0.15) is 18.9 Å². The summed E-state index contributed by atoms with van der Waals surface area (Å²) in [6, 6.07) is 21.6. The number of carbonyl (C=O) groups is 1. The molecule has 1 N–H and O–H groups in total. The molecule has 8 heteroatoms. The van der Waals surface area contributed by atoms with Crippen LogP contribution in [0.2, 0.25) is 0 Å². The number of hydrogen-bond acceptors (Lipinski definition) is 7. The largest absolute Gasteiger partial charge is 0.493 e. The van der Waals surface area contributed by atoms with Crippen molar-refractivity contribution in [2.45, 2.75) is 19.8 Å². The molecule has 5 rings (SSSR count). The van der Waals surface area contributed by atoms with Crippen LogP contribution in [0.25, 0.3) is 11.0 Å². The number of hydrogen-bond donors (Lipinski definition) is 1. The van der Waals surface area contributed by atoms with Crippen LogP contribution in [-0.2, 0) is 11.2 Å². The predicted molar refractivity (Wildman–Crippen MR) is 144 cm³/mol. The van der Waals surface area contributed by atoms with Gasteiger partial charge in [-0.2, -0.15) is 0 Å². The number of methoxy groups -OCH3 is 2. The molecule has 0 spiro atoms. The lowest BCUT2D eigenvalue weighted by Gasteiger charge is -2.28. The normalized spacial score (nSPS) is 15.0. The number of carbonyl (C=O) groups excluding carboxylic acids is 1. The van der Waals surface area contributed by atoms with Gasteiger partial charge in [0.15, 0.2) is 17.3 Å². The van der Waals surface area contributed by atoms with Gasteiger partial charge in [0.25, 0.3) is 5.88 Å². The van der Waals surface area contributed by atoms with Gasteiger partial charge in [0.1, 0.15) is 0 Å². The monoisotopic (exact) mass is 498 g/mol. The molecule has 0 radical (unpaired) electrons. The van der Waals surface area contributed by atoms with E-state index < -0.39 is 0 Å². The fraction of sp³-hybridized carbons (Fsp3) is 0.276. The number of aryl methyl sites for hydroxylation is 1. The van der Waals surface area contributed by atoms with Crippen molar-refractivity contribution in [3.63, 3.8) is 0 Å². The Morgan fingerprint density at radius 2 is 1.65 bits per heavy atom. The number of nitrogens with one attached hydrogen (secondary N) is 1. The van der Waals surface area contributed by atoms with Crippen molar-refractivity contribution in [2.75, 3.05) is 37.6 Å². The first-order valence-corrected chi connectivity index (χ1v) is 12.4. The third-order valence-electron chi connectivity index (χ3n) is 6.54. The number of amides is 1. The number of nitrogens with zero attached hydrogens (tertiary/aromatic N) is 3. The molecule has 0 saturated carbocycles. The van der Waals surface area contributed by atoms with Crippen LogP contribution >= 0.6 is 0 Å². The number of ether oxygens (including phenoxy) is 3. The zero-order valence-electron chi connectivity index (χ0n) is 21.2. The molecular formula is C29H30N4O4. The van der Waals surface area contributed by atoms with Crippen molar-refractivity contribution in [1.82, 2.24) is 9.97 Å². The Hall–Kier alpha value is -4.33. The van der Waals surface area contributed by atoms with Crippen LogP contribution < -0.4 is 24.4 Å². The van der Waals surface area contributed by atoms with Crippen molar-refractivity contribution in [3.05, 3.63) is 72.3 Å². The molecule has 37 heavy (non-hydrogen) atoms. The zero-order valence-corrected chi connectivity index (χ0v) is 21.2. The van der Waals surface area contributed by atoms with E-state index in [-0.39, 0.29) is 11.8 Å². The molecule has 190 valence electrons. The maximum absolute atomic E-state index is 13.7. The molecule has 1 unspecified atom stereocenters. The van der Waals surface area contributed by atoms with E-state index in [1.165, 1.54) is 0 Å². The molecule has 0 fully saturated rings. The molecular weight excluding hydrogens is 468 g/mol. The number of benzene rings is 3. The smallest absolute Gasteiger partial charge is 0.258 e. The standard InChI is InChI=1S/C29H30N4O4/c1-4-37-29-27(30-22-12-8-9-13-23(22)31-29)32-28(34)20-15-14-19-16-25(35-2)26(36-3)17-24(19)33(18-20)21-10-6-5-7-11-21/h5-13,16-17,20H,4,14-15,18H2,1-3H3,(H,30,32,34). The highest BCUT2D eigenvalue weighted by atomic mass is 16.5. The Balaban J connectivity index is 1.49. The van der Waals surface area contributed by atoms with E-state index in [2.05, 4.69) is 20.2 Å². The Morgan fingerprint density at radius 3 is 2.35 bits per heavy atom. The van der Waals surface area contributed by atoms with Gasteiger partial charge in [-0.1, -0.05) is 30.3 Å². The quantitative estimate of drug-likeness (QED) is 0.366. The fourth-order valence-electron chi connectivity index (χ4n) is 4.69. The van der Waals surface area contributed by atoms with Gasteiger partial charge in [0.05, 0.1) is 37.8 Å². The molecule has 1 aliphatic heterocycles. The maximum Gasteiger partial charge on any atom is 0.258 e. The van der Waals surface area contributed by atoms with E-state index in [0.717, 1.165) is 16.9 Å². The van der Waals surface area contributed by atoms with Crippen molar-refractivity contribution in [3.8, 4) is 17.4 Å². The minimum Gasteiger partial charge on any atom is -0.493 e. The Bertz CT molecular complexity index is 1410. The summed E-state index contributed by atoms with van der Waals surface area (Å²) < 4.78 is 16.9. The van der Waals surface area contributed by atoms with Gasteiger partial charge >= 0.3 is 0 Å². The minimum atomic E-state index is -0.313. The van der Waals surface area contributed by atoms with Gasteiger partial charge in [-0.3, -0.25) is 4.79 Å². The molecule has 0 bridgehead atoms. The van der Waals surface area contributed by atoms with Crippen molar-refractivity contribution in [1.29, 1.82) is 0 Å². The molecule has 0 aliphatic carbocycles. The van der Waals surface area contributed by atoms with Gasteiger partial charge in [-0.15, -0.1) is 0 Å². The first-order chi connectivity index (χ1) is 18.1. The van der Waals surface area contributed by atoms with E-state index in [4.69, 9.17) is 14.2 Å². The van der Waals surface area contributed by atoms with Crippen LogP contribution in [-0.4, -0.2) is 43.2 Å². The van der Waals surface area contributed by atoms with Crippen LogP contribution in [0.4, 0.5) is 17.2 Å².